The second-order valence-electron chi connectivity index (χ2n) is 28.0. The van der Waals surface area contributed by atoms with Crippen LogP contribution < -0.4 is 21.8 Å². The molecule has 4 aromatic carbocycles. The number of hydrogen-bond donors (Lipinski definition) is 3. The van der Waals surface area contributed by atoms with Crippen molar-refractivity contribution < 1.29 is 64.1 Å². The van der Waals surface area contributed by atoms with Crippen molar-refractivity contribution in [3.8, 4) is 22.3 Å². The summed E-state index contributed by atoms with van der Waals surface area (Å²) in [5, 5.41) is 15.3. The maximum absolute atomic E-state index is 16.0. The van der Waals surface area contributed by atoms with Gasteiger partial charge in [0, 0.05) is 48.7 Å². The lowest BCUT2D eigenvalue weighted by Crippen LogP contribution is -2.42. The standard InChI is InChI=1S/C38H47F4N3O4.C36H43F4N3O4/c1-8-49-33(47)20-30(28-18-27(17-25(4)35(28)39)34-23(2)11-9-12-24(34)3)43-36(48)31(21-37(5,6)7)45-22-26(13-16-44-14-10-15-44)29(19-32(45)46)38(40,41)42;1-21-9-7-10-22(2)32(21)25-15-23(3)33(37)26(16-25)28(18-31(45)46)41-34(47)29(19-35(4,5)6)43-20-24(11-14-42-12-8-13-42)27(17-30(43)44)36(38,39)40/h9,11-12,17-19,22,30-31H,8,10,13-16,20-21H2,1-7H3,(H,43,48);7,9-10,15-17,20,28-29H,8,11-14,18-19H2,1-6H3,(H,41,47)(H,45,46)/t30-,31?;28-,29?/m00/s1. The summed E-state index contributed by atoms with van der Waals surface area (Å²) in [6, 6.07) is 14.0. The van der Waals surface area contributed by atoms with Gasteiger partial charge in [0.05, 0.1) is 42.7 Å². The Morgan fingerprint density at radius 1 is 0.542 bits per heavy atom. The van der Waals surface area contributed by atoms with E-state index in [4.69, 9.17) is 4.74 Å². The number of benzene rings is 4. The van der Waals surface area contributed by atoms with E-state index in [0.29, 0.717) is 41.9 Å². The van der Waals surface area contributed by atoms with Crippen LogP contribution in [0.5, 0.6) is 0 Å². The molecule has 0 saturated carbocycles. The summed E-state index contributed by atoms with van der Waals surface area (Å²) >= 11 is 0. The topological polar surface area (TPSA) is 172 Å². The molecule has 2 aliphatic rings. The van der Waals surface area contributed by atoms with Gasteiger partial charge in [-0.2, -0.15) is 26.3 Å². The van der Waals surface area contributed by atoms with Crippen LogP contribution in [-0.2, 0) is 49.1 Å². The lowest BCUT2D eigenvalue weighted by molar-refractivity contribution is -0.144. The number of carbonyl (C=O) groups is 4. The van der Waals surface area contributed by atoms with E-state index in [-0.39, 0.29) is 60.1 Å². The third-order valence-corrected chi connectivity index (χ3v) is 17.7. The van der Waals surface area contributed by atoms with Gasteiger partial charge in [0.15, 0.2) is 0 Å². The first-order valence-electron chi connectivity index (χ1n) is 32.6. The first kappa shape index (κ1) is 75.4. The van der Waals surface area contributed by atoms with E-state index in [0.717, 1.165) is 93.9 Å². The number of nitrogens with one attached hydrogen (secondary N) is 2. The van der Waals surface area contributed by atoms with Gasteiger partial charge >= 0.3 is 24.3 Å². The number of rotatable bonds is 23. The number of amides is 2. The number of ether oxygens (including phenoxy) is 1. The second-order valence-corrected chi connectivity index (χ2v) is 28.0. The number of carbonyl (C=O) groups excluding carboxylic acids is 3. The largest absolute Gasteiger partial charge is 0.481 e. The zero-order chi connectivity index (χ0) is 71.1. The highest BCUT2D eigenvalue weighted by Gasteiger charge is 2.40. The molecule has 0 aliphatic carbocycles. The number of carboxylic acids is 1. The van der Waals surface area contributed by atoms with E-state index in [9.17, 15) is 60.2 Å². The van der Waals surface area contributed by atoms with Crippen molar-refractivity contribution in [2.24, 2.45) is 10.8 Å². The summed E-state index contributed by atoms with van der Waals surface area (Å²) in [5.41, 5.74) is 2.05. The quantitative estimate of drug-likeness (QED) is 0.0414. The number of halogens is 8. The summed E-state index contributed by atoms with van der Waals surface area (Å²) in [7, 11) is 0. The van der Waals surface area contributed by atoms with Crippen molar-refractivity contribution in [1.82, 2.24) is 29.6 Å². The van der Waals surface area contributed by atoms with Gasteiger partial charge in [-0.05, 0) is 215 Å². The fourth-order valence-corrected chi connectivity index (χ4v) is 12.7. The predicted molar refractivity (Wildman–Crippen MR) is 355 cm³/mol. The highest BCUT2D eigenvalue weighted by Crippen LogP contribution is 2.39. The highest BCUT2D eigenvalue weighted by atomic mass is 19.4. The lowest BCUT2D eigenvalue weighted by atomic mass is 9.87. The fraction of sp³-hybridized carbons (Fsp3) is 0.486. The van der Waals surface area contributed by atoms with Crippen LogP contribution in [0.4, 0.5) is 35.1 Å². The Morgan fingerprint density at radius 2 is 0.896 bits per heavy atom. The number of hydrogen-bond acceptors (Lipinski definition) is 9. The highest BCUT2D eigenvalue weighted by molar-refractivity contribution is 5.83. The van der Waals surface area contributed by atoms with Gasteiger partial charge in [0.25, 0.3) is 11.1 Å². The van der Waals surface area contributed by atoms with Crippen LogP contribution in [0, 0.1) is 64.0 Å². The molecule has 14 nitrogen and oxygen atoms in total. The molecule has 0 bridgehead atoms. The maximum atomic E-state index is 16.0. The van der Waals surface area contributed by atoms with Crippen LogP contribution in [0.2, 0.25) is 0 Å². The molecular weight excluding hydrogens is 1250 g/mol. The number of esters is 1. The molecule has 2 fully saturated rings. The van der Waals surface area contributed by atoms with Crippen molar-refractivity contribution >= 4 is 23.8 Å². The molecule has 96 heavy (non-hydrogen) atoms. The smallest absolute Gasteiger partial charge is 0.416 e. The van der Waals surface area contributed by atoms with Crippen molar-refractivity contribution in [3.05, 3.63) is 184 Å². The van der Waals surface area contributed by atoms with E-state index in [1.54, 1.807) is 39.0 Å². The SMILES string of the molecule is CCOC(=O)C[C@H](NC(=O)C(CC(C)(C)C)n1cc(CCN2CCC2)c(C(F)(F)F)cc1=O)c1cc(-c2c(C)cccc2C)cc(C)c1F.Cc1cc(-c2c(C)cccc2C)cc([C@H](CC(=O)O)NC(=O)C(CC(C)(C)C)n2cc(CCN3CCC3)c(C(F)(F)F)cc2=O)c1F. The summed E-state index contributed by atoms with van der Waals surface area (Å²) in [4.78, 5) is 84.0. The number of aliphatic carboxylic acids is 1. The van der Waals surface area contributed by atoms with E-state index in [2.05, 4.69) is 10.6 Å². The number of aryl methyl sites for hydroxylation is 6. The van der Waals surface area contributed by atoms with Gasteiger partial charge in [-0.15, -0.1) is 0 Å². The van der Waals surface area contributed by atoms with Gasteiger partial charge in [-0.3, -0.25) is 28.8 Å². The fourth-order valence-electron chi connectivity index (χ4n) is 12.7. The molecule has 4 heterocycles. The normalized spacial score (nSPS) is 15.1. The molecule has 2 saturated heterocycles. The molecule has 2 unspecified atom stereocenters. The Labute approximate surface area is 556 Å². The molecule has 8 rings (SSSR count). The zero-order valence-corrected chi connectivity index (χ0v) is 57.1. The molecule has 3 N–H and O–H groups in total. The molecule has 6 aromatic rings. The third kappa shape index (κ3) is 19.4. The number of aromatic nitrogens is 2. The van der Waals surface area contributed by atoms with E-state index < -0.39 is 118 Å². The van der Waals surface area contributed by atoms with Gasteiger partial charge in [0.1, 0.15) is 23.7 Å². The Balaban J connectivity index is 0.000000271. The monoisotopic (exact) mass is 1340 g/mol. The third-order valence-electron chi connectivity index (χ3n) is 17.7. The summed E-state index contributed by atoms with van der Waals surface area (Å²) in [5.74, 6) is -4.78. The number of nitrogens with zero attached hydrogens (tertiary/aromatic N) is 4. The van der Waals surface area contributed by atoms with Crippen LogP contribution >= 0.6 is 0 Å². The second kappa shape index (κ2) is 31.0. The van der Waals surface area contributed by atoms with Crippen LogP contribution in [0.1, 0.15) is 178 Å². The van der Waals surface area contributed by atoms with Crippen molar-refractivity contribution in [3.63, 3.8) is 0 Å². The van der Waals surface area contributed by atoms with Crippen LogP contribution in [-0.4, -0.2) is 93.7 Å². The molecular formula is C74H90F8N6O8. The minimum Gasteiger partial charge on any atom is -0.481 e. The van der Waals surface area contributed by atoms with Crippen LogP contribution in [0.25, 0.3) is 22.3 Å². The van der Waals surface area contributed by atoms with E-state index >= 15 is 8.78 Å². The molecule has 4 atom stereocenters. The van der Waals surface area contributed by atoms with Gasteiger partial charge in [0.2, 0.25) is 11.8 Å². The zero-order valence-electron chi connectivity index (χ0n) is 57.1. The number of alkyl halides is 6. The minimum atomic E-state index is -4.77. The lowest BCUT2D eigenvalue weighted by Gasteiger charge is -2.32. The molecule has 2 aromatic heterocycles. The Kier molecular flexibility index (Phi) is 24.4. The molecule has 2 aliphatic heterocycles. The van der Waals surface area contributed by atoms with Gasteiger partial charge in [-0.25, -0.2) is 8.78 Å². The van der Waals surface area contributed by atoms with Crippen LogP contribution in [0.15, 0.2) is 94.8 Å². The van der Waals surface area contributed by atoms with Gasteiger partial charge in [-0.1, -0.05) is 77.9 Å². The Hall–Kier alpha value is -7.98. The van der Waals surface area contributed by atoms with Crippen LogP contribution in [0.3, 0.4) is 0 Å². The Morgan fingerprint density at radius 3 is 1.20 bits per heavy atom. The van der Waals surface area contributed by atoms with E-state index in [1.165, 1.54) is 6.07 Å². The summed E-state index contributed by atoms with van der Waals surface area (Å²) < 4.78 is 123. The molecule has 0 radical (unpaired) electrons. The first-order chi connectivity index (χ1) is 44.7. The van der Waals surface area contributed by atoms with Crippen molar-refractivity contribution in [2.45, 2.75) is 178 Å². The maximum Gasteiger partial charge on any atom is 0.416 e. The Bertz CT molecular complexity index is 3910. The van der Waals surface area contributed by atoms with E-state index in [1.807, 2.05) is 115 Å². The average molecular weight is 1340 g/mol. The molecule has 0 spiro atoms. The molecule has 22 heteroatoms. The summed E-state index contributed by atoms with van der Waals surface area (Å²) in [6.45, 7) is 27.4. The number of likely N-dealkylation sites (tertiary alicyclic amines) is 2. The molecule has 520 valence electrons. The summed E-state index contributed by atoms with van der Waals surface area (Å²) in [6.07, 6.45) is -6.22. The predicted octanol–water partition coefficient (Wildman–Crippen LogP) is 14.8. The first-order valence-corrected chi connectivity index (χ1v) is 32.6. The minimum absolute atomic E-state index is 0.0240. The van der Waals surface area contributed by atoms with Crippen molar-refractivity contribution in [2.75, 3.05) is 45.9 Å². The van der Waals surface area contributed by atoms with Crippen molar-refractivity contribution in [1.29, 1.82) is 0 Å². The number of carboxylic acid groups (broad SMARTS) is 1. The average Bonchev–Trinajstić information content (AvgIpc) is 0.810. The molecule has 2 amide bonds. The number of pyridine rings is 2. The van der Waals surface area contributed by atoms with Gasteiger partial charge < -0.3 is 39.4 Å².